The summed E-state index contributed by atoms with van der Waals surface area (Å²) < 4.78 is 25.7. The maximum Gasteiger partial charge on any atom is 0.248 e. The van der Waals surface area contributed by atoms with Crippen molar-refractivity contribution in [1.82, 2.24) is 0 Å². The number of hydrogen-bond donors (Lipinski definition) is 1. The van der Waals surface area contributed by atoms with Gasteiger partial charge in [0.25, 0.3) is 0 Å². The van der Waals surface area contributed by atoms with Crippen LogP contribution in [0.2, 0.25) is 0 Å². The average molecular weight is 273 g/mol. The predicted molar refractivity (Wildman–Crippen MR) is 75.2 cm³/mol. The first-order chi connectivity index (χ1) is 9.54. The van der Waals surface area contributed by atoms with Gasteiger partial charge < -0.3 is 5.32 Å². The van der Waals surface area contributed by atoms with E-state index in [0.717, 1.165) is 23.3 Å². The van der Waals surface area contributed by atoms with Crippen LogP contribution in [0, 0.1) is 18.6 Å². The van der Waals surface area contributed by atoms with Crippen LogP contribution in [0.25, 0.3) is 6.08 Å². The molecule has 0 fully saturated rings. The van der Waals surface area contributed by atoms with Crippen molar-refractivity contribution in [2.75, 3.05) is 5.32 Å². The van der Waals surface area contributed by atoms with Crippen molar-refractivity contribution >= 4 is 17.7 Å². The molecular formula is C16H13F2NO. The molecule has 0 atom stereocenters. The van der Waals surface area contributed by atoms with E-state index in [1.807, 2.05) is 31.2 Å². The Hall–Kier alpha value is -2.49. The van der Waals surface area contributed by atoms with Crippen molar-refractivity contribution in [2.24, 2.45) is 0 Å². The molecule has 0 aliphatic carbocycles. The van der Waals surface area contributed by atoms with E-state index in [1.165, 1.54) is 12.1 Å². The molecule has 0 bridgehead atoms. The van der Waals surface area contributed by atoms with Gasteiger partial charge in [-0.1, -0.05) is 29.8 Å². The Kier molecular flexibility index (Phi) is 4.25. The first-order valence-corrected chi connectivity index (χ1v) is 6.05. The molecule has 0 saturated heterocycles. The molecule has 1 N–H and O–H groups in total. The number of carbonyl (C=O) groups is 1. The molecule has 2 aromatic carbocycles. The number of amides is 1. The molecule has 0 unspecified atom stereocenters. The molecule has 0 saturated carbocycles. The predicted octanol–water partition coefficient (Wildman–Crippen LogP) is 3.93. The fourth-order valence-corrected chi connectivity index (χ4v) is 1.70. The van der Waals surface area contributed by atoms with Crippen LogP contribution in [-0.4, -0.2) is 5.91 Å². The smallest absolute Gasteiger partial charge is 0.248 e. The normalized spacial score (nSPS) is 10.8. The second-order valence-electron chi connectivity index (χ2n) is 4.37. The number of aryl methyl sites for hydroxylation is 1. The van der Waals surface area contributed by atoms with Crippen molar-refractivity contribution in [3.05, 3.63) is 71.3 Å². The van der Waals surface area contributed by atoms with Crippen molar-refractivity contribution < 1.29 is 13.6 Å². The number of nitrogens with one attached hydrogen (secondary N) is 1. The number of carbonyl (C=O) groups excluding carboxylic acids is 1. The Morgan fingerprint density at radius 3 is 2.60 bits per heavy atom. The highest BCUT2D eigenvalue weighted by Crippen LogP contribution is 2.13. The molecule has 0 radical (unpaired) electrons. The van der Waals surface area contributed by atoms with Gasteiger partial charge in [0.1, 0.15) is 0 Å². The first kappa shape index (κ1) is 13.9. The molecule has 0 spiro atoms. The number of anilines is 1. The third kappa shape index (κ3) is 3.75. The zero-order chi connectivity index (χ0) is 14.5. The summed E-state index contributed by atoms with van der Waals surface area (Å²) in [7, 11) is 0. The third-order valence-electron chi connectivity index (χ3n) is 2.66. The van der Waals surface area contributed by atoms with Crippen LogP contribution in [0.3, 0.4) is 0 Å². The van der Waals surface area contributed by atoms with Crippen molar-refractivity contribution in [3.63, 3.8) is 0 Å². The van der Waals surface area contributed by atoms with E-state index in [9.17, 15) is 13.6 Å². The maximum atomic E-state index is 13.0. The molecular weight excluding hydrogens is 260 g/mol. The summed E-state index contributed by atoms with van der Waals surface area (Å²) in [6.45, 7) is 1.96. The summed E-state index contributed by atoms with van der Waals surface area (Å²) in [4.78, 5) is 11.7. The monoisotopic (exact) mass is 273 g/mol. The average Bonchev–Trinajstić information content (AvgIpc) is 2.41. The molecule has 4 heteroatoms. The van der Waals surface area contributed by atoms with E-state index >= 15 is 0 Å². The molecule has 0 aliphatic heterocycles. The minimum absolute atomic E-state index is 0.211. The Labute approximate surface area is 115 Å². The number of rotatable bonds is 3. The van der Waals surface area contributed by atoms with E-state index in [-0.39, 0.29) is 5.69 Å². The summed E-state index contributed by atoms with van der Waals surface area (Å²) in [6.07, 6.45) is 3.00. The molecule has 2 aromatic rings. The van der Waals surface area contributed by atoms with Gasteiger partial charge in [-0.2, -0.15) is 0 Å². The standard InChI is InChI=1S/C16H13F2NO/c1-11-3-2-4-12(9-11)5-8-16(20)19-13-6-7-14(17)15(18)10-13/h2-10H,1H3,(H,19,20)/b8-5-. The van der Waals surface area contributed by atoms with Gasteiger partial charge in [-0.25, -0.2) is 8.78 Å². The Morgan fingerprint density at radius 2 is 1.90 bits per heavy atom. The SMILES string of the molecule is Cc1cccc(/C=C\C(=O)Nc2ccc(F)c(F)c2)c1. The van der Waals surface area contributed by atoms with Crippen molar-refractivity contribution in [2.45, 2.75) is 6.92 Å². The van der Waals surface area contributed by atoms with Crippen molar-refractivity contribution in [1.29, 1.82) is 0 Å². The lowest BCUT2D eigenvalue weighted by Gasteiger charge is -2.02. The van der Waals surface area contributed by atoms with Crippen LogP contribution < -0.4 is 5.32 Å². The fraction of sp³-hybridized carbons (Fsp3) is 0.0625. The number of hydrogen-bond acceptors (Lipinski definition) is 1. The molecule has 0 heterocycles. The molecule has 2 nitrogen and oxygen atoms in total. The Morgan fingerprint density at radius 1 is 1.10 bits per heavy atom. The second-order valence-corrected chi connectivity index (χ2v) is 4.37. The van der Waals surface area contributed by atoms with E-state index < -0.39 is 17.5 Å². The fourth-order valence-electron chi connectivity index (χ4n) is 1.70. The van der Waals surface area contributed by atoms with Crippen LogP contribution in [-0.2, 0) is 4.79 Å². The van der Waals surface area contributed by atoms with Gasteiger partial charge in [0.15, 0.2) is 11.6 Å². The molecule has 20 heavy (non-hydrogen) atoms. The summed E-state index contributed by atoms with van der Waals surface area (Å²) in [5.74, 6) is -2.35. The lowest BCUT2D eigenvalue weighted by Crippen LogP contribution is -2.08. The van der Waals surface area contributed by atoms with Gasteiger partial charge >= 0.3 is 0 Å². The zero-order valence-electron chi connectivity index (χ0n) is 10.9. The van der Waals surface area contributed by atoms with E-state index in [0.29, 0.717) is 0 Å². The van der Waals surface area contributed by atoms with Gasteiger partial charge in [-0.05, 0) is 30.7 Å². The molecule has 102 valence electrons. The highest BCUT2D eigenvalue weighted by Gasteiger charge is 2.04. The Bertz CT molecular complexity index is 665. The van der Waals surface area contributed by atoms with E-state index in [2.05, 4.69) is 5.32 Å². The summed E-state index contributed by atoms with van der Waals surface area (Å²) in [5.41, 5.74) is 2.20. The Balaban J connectivity index is 2.03. The molecule has 2 rings (SSSR count). The van der Waals surface area contributed by atoms with Gasteiger partial charge in [0.2, 0.25) is 5.91 Å². The lowest BCUT2D eigenvalue weighted by atomic mass is 10.1. The van der Waals surface area contributed by atoms with Gasteiger partial charge in [-0.3, -0.25) is 4.79 Å². The molecule has 1 amide bonds. The zero-order valence-corrected chi connectivity index (χ0v) is 10.9. The van der Waals surface area contributed by atoms with Crippen LogP contribution in [0.1, 0.15) is 11.1 Å². The van der Waals surface area contributed by atoms with Crippen molar-refractivity contribution in [3.8, 4) is 0 Å². The highest BCUT2D eigenvalue weighted by molar-refractivity contribution is 6.01. The highest BCUT2D eigenvalue weighted by atomic mass is 19.2. The number of benzene rings is 2. The van der Waals surface area contributed by atoms with E-state index in [1.54, 1.807) is 6.08 Å². The van der Waals surface area contributed by atoms with Gasteiger partial charge in [-0.15, -0.1) is 0 Å². The first-order valence-electron chi connectivity index (χ1n) is 6.05. The minimum atomic E-state index is -0.995. The van der Waals surface area contributed by atoms with Crippen LogP contribution in [0.4, 0.5) is 14.5 Å². The van der Waals surface area contributed by atoms with Gasteiger partial charge in [0.05, 0.1) is 0 Å². The maximum absolute atomic E-state index is 13.0. The summed E-state index contributed by atoms with van der Waals surface area (Å²) in [6, 6.07) is 10.9. The largest absolute Gasteiger partial charge is 0.322 e. The number of halogens is 2. The third-order valence-corrected chi connectivity index (χ3v) is 2.66. The molecule has 0 aromatic heterocycles. The van der Waals surface area contributed by atoms with Crippen LogP contribution in [0.5, 0.6) is 0 Å². The minimum Gasteiger partial charge on any atom is -0.322 e. The quantitative estimate of drug-likeness (QED) is 0.844. The summed E-state index contributed by atoms with van der Waals surface area (Å²) >= 11 is 0. The van der Waals surface area contributed by atoms with E-state index in [4.69, 9.17) is 0 Å². The topological polar surface area (TPSA) is 29.1 Å². The van der Waals surface area contributed by atoms with Gasteiger partial charge in [0, 0.05) is 17.8 Å². The van der Waals surface area contributed by atoms with Crippen LogP contribution >= 0.6 is 0 Å². The summed E-state index contributed by atoms with van der Waals surface area (Å²) in [5, 5.41) is 2.46. The second kappa shape index (κ2) is 6.10. The molecule has 0 aliphatic rings. The lowest BCUT2D eigenvalue weighted by molar-refractivity contribution is -0.111. The van der Waals surface area contributed by atoms with Crippen LogP contribution in [0.15, 0.2) is 48.5 Å².